The van der Waals surface area contributed by atoms with Crippen molar-refractivity contribution in [2.24, 2.45) is 0 Å². The largest absolute Gasteiger partial charge is 0.493 e. The van der Waals surface area contributed by atoms with Gasteiger partial charge in [0.15, 0.2) is 28.8 Å². The van der Waals surface area contributed by atoms with Gasteiger partial charge in [-0.3, -0.25) is 9.69 Å². The van der Waals surface area contributed by atoms with E-state index in [9.17, 15) is 9.90 Å². The van der Waals surface area contributed by atoms with Crippen molar-refractivity contribution >= 4 is 5.78 Å². The summed E-state index contributed by atoms with van der Waals surface area (Å²) in [6.07, 6.45) is 0.258. The van der Waals surface area contributed by atoms with Crippen molar-refractivity contribution in [3.8, 4) is 23.0 Å². The Bertz CT molecular complexity index is 912. The molecular formula is C25H33NO7. The molecule has 1 unspecified atom stereocenters. The second-order valence-corrected chi connectivity index (χ2v) is 7.86. The Morgan fingerprint density at radius 1 is 0.970 bits per heavy atom. The molecule has 2 aromatic carbocycles. The average Bonchev–Trinajstić information content (AvgIpc) is 2.86. The number of hydrogen-bond acceptors (Lipinski definition) is 8. The molecule has 0 saturated carbocycles. The summed E-state index contributed by atoms with van der Waals surface area (Å²) in [5, 5.41) is 10.4. The molecule has 2 aromatic rings. The third-order valence-corrected chi connectivity index (χ3v) is 5.58. The highest BCUT2D eigenvalue weighted by Gasteiger charge is 2.17. The highest BCUT2D eigenvalue weighted by Crippen LogP contribution is 2.30. The van der Waals surface area contributed by atoms with Gasteiger partial charge < -0.3 is 28.8 Å². The van der Waals surface area contributed by atoms with Gasteiger partial charge >= 0.3 is 0 Å². The number of ketones is 1. The second kappa shape index (κ2) is 12.4. The fourth-order valence-electron chi connectivity index (χ4n) is 3.72. The van der Waals surface area contributed by atoms with Gasteiger partial charge in [0, 0.05) is 31.6 Å². The number of aliphatic hydroxyl groups excluding tert-OH is 1. The molecule has 0 aromatic heterocycles. The average molecular weight is 460 g/mol. The van der Waals surface area contributed by atoms with Gasteiger partial charge in [-0.2, -0.15) is 0 Å². The lowest BCUT2D eigenvalue weighted by molar-refractivity contribution is 0.00444. The smallest absolute Gasteiger partial charge is 0.163 e. The van der Waals surface area contributed by atoms with E-state index >= 15 is 0 Å². The van der Waals surface area contributed by atoms with E-state index in [1.807, 2.05) is 18.2 Å². The molecule has 1 N–H and O–H groups in total. The van der Waals surface area contributed by atoms with Crippen LogP contribution in [0, 0.1) is 0 Å². The molecule has 0 amide bonds. The zero-order chi connectivity index (χ0) is 23.6. The van der Waals surface area contributed by atoms with Gasteiger partial charge in [0.05, 0.1) is 34.5 Å². The minimum atomic E-state index is -0.622. The summed E-state index contributed by atoms with van der Waals surface area (Å²) in [6, 6.07) is 10.8. The van der Waals surface area contributed by atoms with Gasteiger partial charge in [0.25, 0.3) is 0 Å². The number of methoxy groups -OCH3 is 3. The number of morpholine rings is 1. The Balaban J connectivity index is 1.57. The van der Waals surface area contributed by atoms with E-state index in [1.165, 1.54) is 0 Å². The van der Waals surface area contributed by atoms with Crippen LogP contribution in [-0.4, -0.2) is 82.7 Å². The number of carbonyl (C=O) groups is 1. The third-order valence-electron chi connectivity index (χ3n) is 5.58. The van der Waals surface area contributed by atoms with E-state index in [-0.39, 0.29) is 12.4 Å². The number of rotatable bonds is 12. The van der Waals surface area contributed by atoms with E-state index in [4.69, 9.17) is 23.7 Å². The summed E-state index contributed by atoms with van der Waals surface area (Å²) < 4.78 is 27.1. The first-order valence-corrected chi connectivity index (χ1v) is 11.1. The van der Waals surface area contributed by atoms with Crippen LogP contribution in [0.1, 0.15) is 22.3 Å². The number of benzene rings is 2. The van der Waals surface area contributed by atoms with Crippen LogP contribution >= 0.6 is 0 Å². The Kier molecular flexibility index (Phi) is 9.35. The van der Waals surface area contributed by atoms with Crippen LogP contribution in [0.4, 0.5) is 0 Å². The quantitative estimate of drug-likeness (QED) is 0.485. The Morgan fingerprint density at radius 3 is 2.33 bits per heavy atom. The normalized spacial score (nSPS) is 15.0. The number of carbonyl (C=O) groups excluding carboxylic acids is 1. The lowest BCUT2D eigenvalue weighted by Gasteiger charge is -2.28. The topological polar surface area (TPSA) is 86.7 Å². The molecule has 0 spiro atoms. The van der Waals surface area contributed by atoms with Crippen LogP contribution in [0.25, 0.3) is 0 Å². The van der Waals surface area contributed by atoms with Crippen molar-refractivity contribution in [2.75, 3.05) is 60.8 Å². The molecule has 1 aliphatic rings. The molecule has 3 rings (SSSR count). The van der Waals surface area contributed by atoms with Crippen molar-refractivity contribution in [1.29, 1.82) is 0 Å². The Labute approximate surface area is 195 Å². The molecule has 33 heavy (non-hydrogen) atoms. The molecule has 1 fully saturated rings. The highest BCUT2D eigenvalue weighted by molar-refractivity contribution is 5.96. The SMILES string of the molecule is COc1ccc(C(=O)CCc2ccc(OC)c(OCC(O)CN3CCOCC3)c2)cc1OC. The lowest BCUT2D eigenvalue weighted by Crippen LogP contribution is -2.42. The first-order chi connectivity index (χ1) is 16.0. The van der Waals surface area contributed by atoms with Gasteiger partial charge in [-0.1, -0.05) is 6.07 Å². The molecule has 0 aliphatic carbocycles. The number of ether oxygens (including phenoxy) is 5. The summed E-state index contributed by atoms with van der Waals surface area (Å²) >= 11 is 0. The second-order valence-electron chi connectivity index (χ2n) is 7.86. The third kappa shape index (κ3) is 7.08. The predicted octanol–water partition coefficient (Wildman–Crippen LogP) is 2.60. The number of nitrogens with zero attached hydrogens (tertiary/aromatic N) is 1. The molecule has 8 heteroatoms. The van der Waals surface area contributed by atoms with Gasteiger partial charge in [-0.15, -0.1) is 0 Å². The fraction of sp³-hybridized carbons (Fsp3) is 0.480. The van der Waals surface area contributed by atoms with E-state index in [0.29, 0.717) is 61.2 Å². The Hall–Kier alpha value is -2.81. The van der Waals surface area contributed by atoms with Crippen LogP contribution in [0.15, 0.2) is 36.4 Å². The van der Waals surface area contributed by atoms with Crippen molar-refractivity contribution in [3.63, 3.8) is 0 Å². The first-order valence-electron chi connectivity index (χ1n) is 11.1. The van der Waals surface area contributed by atoms with Gasteiger partial charge in [0.1, 0.15) is 12.7 Å². The van der Waals surface area contributed by atoms with E-state index in [2.05, 4.69) is 4.90 Å². The van der Waals surface area contributed by atoms with E-state index in [1.54, 1.807) is 39.5 Å². The van der Waals surface area contributed by atoms with Crippen LogP contribution in [-0.2, 0) is 11.2 Å². The predicted molar refractivity (Wildman–Crippen MR) is 124 cm³/mol. The van der Waals surface area contributed by atoms with Gasteiger partial charge in [-0.25, -0.2) is 0 Å². The van der Waals surface area contributed by atoms with Gasteiger partial charge in [-0.05, 0) is 42.3 Å². The maximum Gasteiger partial charge on any atom is 0.163 e. The maximum absolute atomic E-state index is 12.7. The number of Topliss-reactive ketones (excluding diaryl/α,β-unsaturated/α-hetero) is 1. The molecule has 1 aliphatic heterocycles. The van der Waals surface area contributed by atoms with Gasteiger partial charge in [0.2, 0.25) is 0 Å². The van der Waals surface area contributed by atoms with Crippen molar-refractivity contribution < 1.29 is 33.6 Å². The number of aliphatic hydroxyl groups is 1. The van der Waals surface area contributed by atoms with Crippen molar-refractivity contribution in [3.05, 3.63) is 47.5 Å². The minimum absolute atomic E-state index is 0.00942. The minimum Gasteiger partial charge on any atom is -0.493 e. The summed E-state index contributed by atoms with van der Waals surface area (Å²) in [5.41, 5.74) is 1.52. The molecule has 1 atom stereocenters. The summed E-state index contributed by atoms with van der Waals surface area (Å²) in [4.78, 5) is 14.9. The van der Waals surface area contributed by atoms with Crippen LogP contribution in [0.5, 0.6) is 23.0 Å². The molecule has 1 heterocycles. The number of aryl methyl sites for hydroxylation is 1. The fourth-order valence-corrected chi connectivity index (χ4v) is 3.72. The zero-order valence-electron chi connectivity index (χ0n) is 19.5. The maximum atomic E-state index is 12.7. The van der Waals surface area contributed by atoms with Crippen molar-refractivity contribution in [1.82, 2.24) is 4.90 Å². The molecule has 0 bridgehead atoms. The lowest BCUT2D eigenvalue weighted by atomic mass is 10.0. The number of hydrogen-bond donors (Lipinski definition) is 1. The number of β-amino-alcohol motifs (C(OH)–C–C–N with tert-alkyl or cyclic N) is 1. The molecule has 180 valence electrons. The van der Waals surface area contributed by atoms with Crippen molar-refractivity contribution in [2.45, 2.75) is 18.9 Å². The Morgan fingerprint density at radius 2 is 1.64 bits per heavy atom. The van der Waals surface area contributed by atoms with E-state index < -0.39 is 6.10 Å². The van der Waals surface area contributed by atoms with E-state index in [0.717, 1.165) is 18.7 Å². The van der Waals surface area contributed by atoms with Crippen LogP contribution in [0.2, 0.25) is 0 Å². The van der Waals surface area contributed by atoms with Crippen LogP contribution in [0.3, 0.4) is 0 Å². The van der Waals surface area contributed by atoms with Crippen LogP contribution < -0.4 is 18.9 Å². The summed E-state index contributed by atoms with van der Waals surface area (Å²) in [7, 11) is 4.68. The monoisotopic (exact) mass is 459 g/mol. The first kappa shape index (κ1) is 24.8. The molecule has 1 saturated heterocycles. The highest BCUT2D eigenvalue weighted by atomic mass is 16.5. The molecule has 0 radical (unpaired) electrons. The molecular weight excluding hydrogens is 426 g/mol. The molecule has 8 nitrogen and oxygen atoms in total. The zero-order valence-corrected chi connectivity index (χ0v) is 19.5. The standard InChI is InChI=1S/C25H33NO7/c1-29-22-9-6-19(15-24(22)31-3)21(28)7-4-18-5-8-23(30-2)25(14-18)33-17-20(27)16-26-10-12-32-13-11-26/h5-6,8-9,14-15,20,27H,4,7,10-13,16-17H2,1-3H3. The summed E-state index contributed by atoms with van der Waals surface area (Å²) in [6.45, 7) is 3.68. The summed E-state index contributed by atoms with van der Waals surface area (Å²) in [5.74, 6) is 2.26.